The molecule has 240 valence electrons. The summed E-state index contributed by atoms with van der Waals surface area (Å²) in [5, 5.41) is 12.5. The van der Waals surface area contributed by atoms with Crippen LogP contribution in [0.25, 0.3) is 22.5 Å². The van der Waals surface area contributed by atoms with Crippen LogP contribution in [0.5, 0.6) is 5.75 Å². The molecule has 0 bridgehead atoms. The van der Waals surface area contributed by atoms with Gasteiger partial charge in [-0.3, -0.25) is 4.79 Å². The van der Waals surface area contributed by atoms with E-state index in [1.807, 2.05) is 30.3 Å². The Bertz CT molecular complexity index is 1470. The standard InChI is InChI=1S/C34H39N3O4S.C3H8/c1-5-6-7-8-9-20-41-27-16-14-23(15-17-27)26-21-35-31(36-22-26)25-12-10-24(11-13-25)30(33(39)40)37-32(38)28-18-19-29(42-28)34(2,3)4;1-3-2/h10-19,21-22,30H,5-9,20H2,1-4H3,(H,37,38)(H,39,40);3H2,1-2H3. The number of nitrogens with zero attached hydrogens (tertiary/aromatic N) is 2. The Kier molecular flexibility index (Phi) is 13.7. The van der Waals surface area contributed by atoms with Gasteiger partial charge in [-0.2, -0.15) is 0 Å². The number of unbranched alkanes of at least 4 members (excludes halogenated alkanes) is 4. The van der Waals surface area contributed by atoms with Crippen molar-refractivity contribution >= 4 is 23.2 Å². The van der Waals surface area contributed by atoms with Gasteiger partial charge in [0, 0.05) is 28.4 Å². The highest BCUT2D eigenvalue weighted by atomic mass is 32.1. The minimum Gasteiger partial charge on any atom is -0.494 e. The zero-order chi connectivity index (χ0) is 32.8. The molecule has 1 unspecified atom stereocenters. The van der Waals surface area contributed by atoms with Crippen molar-refractivity contribution in [3.8, 4) is 28.3 Å². The first kappa shape index (κ1) is 35.4. The number of carbonyl (C=O) groups is 2. The fourth-order valence-electron chi connectivity index (χ4n) is 4.44. The van der Waals surface area contributed by atoms with Crippen LogP contribution >= 0.6 is 11.3 Å². The van der Waals surface area contributed by atoms with E-state index in [4.69, 9.17) is 4.74 Å². The molecule has 2 heterocycles. The van der Waals surface area contributed by atoms with E-state index in [1.54, 1.807) is 42.7 Å². The summed E-state index contributed by atoms with van der Waals surface area (Å²) in [6, 6.07) is 17.3. The lowest BCUT2D eigenvalue weighted by Crippen LogP contribution is -2.33. The average Bonchev–Trinajstić information content (AvgIpc) is 3.54. The quantitative estimate of drug-likeness (QED) is 0.143. The number of nitrogens with one attached hydrogen (secondary N) is 1. The van der Waals surface area contributed by atoms with Crippen LogP contribution < -0.4 is 10.1 Å². The van der Waals surface area contributed by atoms with Gasteiger partial charge >= 0.3 is 5.97 Å². The van der Waals surface area contributed by atoms with Crippen molar-refractivity contribution in [2.24, 2.45) is 0 Å². The van der Waals surface area contributed by atoms with Crippen LogP contribution in [0.1, 0.15) is 106 Å². The summed E-state index contributed by atoms with van der Waals surface area (Å²) < 4.78 is 5.86. The number of carboxylic acid groups (broad SMARTS) is 1. The average molecular weight is 630 g/mol. The van der Waals surface area contributed by atoms with Crippen molar-refractivity contribution in [3.63, 3.8) is 0 Å². The molecule has 1 amide bonds. The SMILES string of the molecule is CCC.CCCCCCCOc1ccc(-c2cnc(-c3ccc(C(NC(=O)c4ccc(C(C)(C)C)s4)C(=O)O)cc3)nc2)cc1. The normalized spacial score (nSPS) is 11.7. The van der Waals surface area contributed by atoms with Gasteiger partial charge in [0.2, 0.25) is 0 Å². The Morgan fingerprint density at radius 1 is 0.822 bits per heavy atom. The fourth-order valence-corrected chi connectivity index (χ4v) is 5.41. The van der Waals surface area contributed by atoms with Gasteiger partial charge in [-0.15, -0.1) is 11.3 Å². The van der Waals surface area contributed by atoms with E-state index in [9.17, 15) is 14.7 Å². The molecule has 0 aliphatic carbocycles. The van der Waals surface area contributed by atoms with Gasteiger partial charge in [-0.25, -0.2) is 14.8 Å². The van der Waals surface area contributed by atoms with Crippen molar-refractivity contribution in [1.82, 2.24) is 15.3 Å². The number of hydrogen-bond acceptors (Lipinski definition) is 6. The lowest BCUT2D eigenvalue weighted by molar-refractivity contribution is -0.139. The molecule has 0 saturated heterocycles. The number of aliphatic carboxylic acids is 1. The third kappa shape index (κ3) is 10.8. The molecule has 2 aromatic heterocycles. The summed E-state index contributed by atoms with van der Waals surface area (Å²) in [7, 11) is 0. The molecule has 0 saturated carbocycles. The van der Waals surface area contributed by atoms with E-state index >= 15 is 0 Å². The highest BCUT2D eigenvalue weighted by molar-refractivity contribution is 7.14. The maximum absolute atomic E-state index is 12.8. The molecule has 4 rings (SSSR count). The Morgan fingerprint density at radius 3 is 1.98 bits per heavy atom. The van der Waals surface area contributed by atoms with Crippen LogP contribution in [-0.2, 0) is 10.2 Å². The van der Waals surface area contributed by atoms with E-state index in [0.29, 0.717) is 16.3 Å². The van der Waals surface area contributed by atoms with Gasteiger partial charge in [-0.05, 0) is 47.2 Å². The zero-order valence-electron chi connectivity index (χ0n) is 27.4. The number of aromatic nitrogens is 2. The number of thiophene rings is 1. The minimum absolute atomic E-state index is 0.0853. The zero-order valence-corrected chi connectivity index (χ0v) is 28.2. The maximum Gasteiger partial charge on any atom is 0.330 e. The first-order valence-corrected chi connectivity index (χ1v) is 16.7. The molecular formula is C37H47N3O4S. The molecule has 0 aliphatic heterocycles. The van der Waals surface area contributed by atoms with Crippen molar-refractivity contribution in [2.45, 2.75) is 91.5 Å². The molecule has 8 heteroatoms. The predicted molar refractivity (Wildman–Crippen MR) is 184 cm³/mol. The molecular weight excluding hydrogens is 582 g/mol. The number of benzene rings is 2. The summed E-state index contributed by atoms with van der Waals surface area (Å²) in [6.45, 7) is 13.4. The predicted octanol–water partition coefficient (Wildman–Crippen LogP) is 9.49. The van der Waals surface area contributed by atoms with Gasteiger partial charge in [-0.1, -0.05) is 110 Å². The Morgan fingerprint density at radius 2 is 1.42 bits per heavy atom. The van der Waals surface area contributed by atoms with Crippen molar-refractivity contribution in [2.75, 3.05) is 6.61 Å². The van der Waals surface area contributed by atoms with Crippen molar-refractivity contribution < 1.29 is 19.4 Å². The van der Waals surface area contributed by atoms with Crippen LogP contribution in [0.4, 0.5) is 0 Å². The third-order valence-electron chi connectivity index (χ3n) is 6.95. The highest BCUT2D eigenvalue weighted by Gasteiger charge is 2.25. The summed E-state index contributed by atoms with van der Waals surface area (Å²) in [4.78, 5) is 35.5. The number of rotatable bonds is 13. The van der Waals surface area contributed by atoms with Crippen molar-refractivity contribution in [1.29, 1.82) is 0 Å². The molecule has 4 aromatic rings. The molecule has 2 aromatic carbocycles. The molecule has 0 radical (unpaired) electrons. The van der Waals surface area contributed by atoms with E-state index in [2.05, 4.69) is 56.8 Å². The maximum atomic E-state index is 12.8. The molecule has 0 fully saturated rings. The van der Waals surface area contributed by atoms with Crippen LogP contribution in [0.15, 0.2) is 73.1 Å². The summed E-state index contributed by atoms with van der Waals surface area (Å²) in [5.41, 5.74) is 3.01. The fraction of sp³-hybridized carbons (Fsp3) is 0.405. The molecule has 45 heavy (non-hydrogen) atoms. The van der Waals surface area contributed by atoms with Crippen LogP contribution in [0.2, 0.25) is 0 Å². The smallest absolute Gasteiger partial charge is 0.330 e. The number of ether oxygens (including phenoxy) is 1. The van der Waals surface area contributed by atoms with E-state index in [-0.39, 0.29) is 5.41 Å². The number of carbonyl (C=O) groups excluding carboxylic acids is 1. The van der Waals surface area contributed by atoms with Gasteiger partial charge in [0.1, 0.15) is 5.75 Å². The second-order valence-electron chi connectivity index (χ2n) is 12.1. The Hall–Kier alpha value is -4.04. The number of carboxylic acids is 1. The summed E-state index contributed by atoms with van der Waals surface area (Å²) >= 11 is 1.37. The number of amides is 1. The second-order valence-corrected chi connectivity index (χ2v) is 13.2. The Labute approximate surface area is 272 Å². The van der Waals surface area contributed by atoms with E-state index in [0.717, 1.165) is 40.3 Å². The van der Waals surface area contributed by atoms with E-state index < -0.39 is 17.9 Å². The third-order valence-corrected chi connectivity index (χ3v) is 8.46. The van der Waals surface area contributed by atoms with Crippen LogP contribution in [-0.4, -0.2) is 33.6 Å². The highest BCUT2D eigenvalue weighted by Crippen LogP contribution is 2.30. The lowest BCUT2D eigenvalue weighted by Gasteiger charge is -2.16. The number of hydrogen-bond donors (Lipinski definition) is 2. The first-order valence-electron chi connectivity index (χ1n) is 15.9. The molecule has 0 aliphatic rings. The molecule has 7 nitrogen and oxygen atoms in total. The molecule has 2 N–H and O–H groups in total. The van der Waals surface area contributed by atoms with Gasteiger partial charge in [0.15, 0.2) is 11.9 Å². The lowest BCUT2D eigenvalue weighted by atomic mass is 9.95. The van der Waals surface area contributed by atoms with E-state index in [1.165, 1.54) is 43.4 Å². The second kappa shape index (κ2) is 17.4. The Balaban J connectivity index is 0.00000177. The van der Waals surface area contributed by atoms with Gasteiger partial charge < -0.3 is 15.2 Å². The van der Waals surface area contributed by atoms with Crippen LogP contribution in [0.3, 0.4) is 0 Å². The molecule has 1 atom stereocenters. The van der Waals surface area contributed by atoms with Gasteiger partial charge in [0.25, 0.3) is 5.91 Å². The largest absolute Gasteiger partial charge is 0.494 e. The summed E-state index contributed by atoms with van der Waals surface area (Å²) in [5.74, 6) is -0.161. The topological polar surface area (TPSA) is 101 Å². The summed E-state index contributed by atoms with van der Waals surface area (Å²) in [6.07, 6.45) is 10.8. The van der Waals surface area contributed by atoms with Gasteiger partial charge in [0.05, 0.1) is 11.5 Å². The first-order chi connectivity index (χ1) is 21.6. The minimum atomic E-state index is -1.18. The van der Waals surface area contributed by atoms with Crippen molar-refractivity contribution in [3.05, 3.63) is 88.4 Å². The monoisotopic (exact) mass is 629 g/mol. The van der Waals surface area contributed by atoms with Crippen LogP contribution in [0, 0.1) is 0 Å². The molecule has 0 spiro atoms.